The molecule has 0 saturated heterocycles. The van der Waals surface area contributed by atoms with Crippen LogP contribution in [0.25, 0.3) is 0 Å². The van der Waals surface area contributed by atoms with E-state index in [0.29, 0.717) is 30.4 Å². The molecule has 3 aromatic rings. The van der Waals surface area contributed by atoms with Gasteiger partial charge in [-0.3, -0.25) is 10.1 Å². The Balaban J connectivity index is 1.55. The molecule has 3 rings (SSSR count). The zero-order valence-electron chi connectivity index (χ0n) is 18.5. The van der Waals surface area contributed by atoms with Crippen LogP contribution < -0.4 is 25.3 Å². The SMILES string of the molecule is COc1ccc(COC(=O)NC(=O)c2ccc(OCc3ccc(CN)cc3)c(OC)c2)cc1. The molecule has 2 amide bonds. The molecule has 0 bridgehead atoms. The van der Waals surface area contributed by atoms with E-state index in [9.17, 15) is 9.59 Å². The topological polar surface area (TPSA) is 109 Å². The molecule has 0 radical (unpaired) electrons. The van der Waals surface area contributed by atoms with Gasteiger partial charge in [0, 0.05) is 12.1 Å². The highest BCUT2D eigenvalue weighted by Gasteiger charge is 2.15. The summed E-state index contributed by atoms with van der Waals surface area (Å²) in [7, 11) is 3.04. The first-order valence-corrected chi connectivity index (χ1v) is 10.2. The summed E-state index contributed by atoms with van der Waals surface area (Å²) in [6, 6.07) is 19.5. The summed E-state index contributed by atoms with van der Waals surface area (Å²) >= 11 is 0. The lowest BCUT2D eigenvalue weighted by atomic mass is 10.1. The minimum atomic E-state index is -0.851. The molecule has 0 aliphatic heterocycles. The van der Waals surface area contributed by atoms with Crippen LogP contribution >= 0.6 is 0 Å². The van der Waals surface area contributed by atoms with Crippen LogP contribution in [0.15, 0.2) is 66.7 Å². The standard InChI is InChI=1S/C25H26N2O6/c1-30-21-10-7-19(8-11-21)16-33-25(29)27-24(28)20-9-12-22(23(13-20)31-2)32-15-18-5-3-17(14-26)4-6-18/h3-13H,14-16,26H2,1-2H3,(H,27,28,29). The molecular weight excluding hydrogens is 424 g/mol. The van der Waals surface area contributed by atoms with E-state index in [1.807, 2.05) is 24.3 Å². The Morgan fingerprint density at radius 3 is 2.06 bits per heavy atom. The molecule has 0 atom stereocenters. The van der Waals surface area contributed by atoms with Crippen molar-refractivity contribution in [2.75, 3.05) is 14.2 Å². The van der Waals surface area contributed by atoms with Crippen LogP contribution in [-0.2, 0) is 24.5 Å². The Bertz CT molecular complexity index is 1080. The number of benzene rings is 3. The van der Waals surface area contributed by atoms with Gasteiger partial charge in [-0.15, -0.1) is 0 Å². The van der Waals surface area contributed by atoms with Crippen LogP contribution in [0.4, 0.5) is 4.79 Å². The molecular formula is C25H26N2O6. The van der Waals surface area contributed by atoms with Crippen LogP contribution in [0.5, 0.6) is 17.2 Å². The maximum absolute atomic E-state index is 12.4. The number of methoxy groups -OCH3 is 2. The van der Waals surface area contributed by atoms with Gasteiger partial charge in [0.05, 0.1) is 14.2 Å². The summed E-state index contributed by atoms with van der Waals surface area (Å²) in [6.07, 6.45) is -0.851. The lowest BCUT2D eigenvalue weighted by Gasteiger charge is -2.12. The molecule has 0 heterocycles. The van der Waals surface area contributed by atoms with Gasteiger partial charge in [0.1, 0.15) is 19.0 Å². The van der Waals surface area contributed by atoms with Crippen LogP contribution in [-0.4, -0.2) is 26.2 Å². The van der Waals surface area contributed by atoms with Crippen molar-refractivity contribution < 1.29 is 28.5 Å². The number of carbonyl (C=O) groups excluding carboxylic acids is 2. The second-order valence-corrected chi connectivity index (χ2v) is 7.05. The number of carbonyl (C=O) groups is 2. The number of rotatable bonds is 9. The van der Waals surface area contributed by atoms with Gasteiger partial charge in [-0.05, 0) is 47.0 Å². The Hall–Kier alpha value is -4.04. The predicted octanol–water partition coefficient (Wildman–Crippen LogP) is 3.81. The Morgan fingerprint density at radius 1 is 0.788 bits per heavy atom. The summed E-state index contributed by atoms with van der Waals surface area (Å²) in [5.74, 6) is 0.924. The van der Waals surface area contributed by atoms with Crippen molar-refractivity contribution in [2.24, 2.45) is 5.73 Å². The number of hydrogen-bond acceptors (Lipinski definition) is 7. The van der Waals surface area contributed by atoms with Crippen molar-refractivity contribution in [1.29, 1.82) is 0 Å². The normalized spacial score (nSPS) is 10.3. The fraction of sp³-hybridized carbons (Fsp3) is 0.200. The summed E-state index contributed by atoms with van der Waals surface area (Å²) < 4.78 is 21.3. The van der Waals surface area contributed by atoms with E-state index in [0.717, 1.165) is 16.7 Å². The van der Waals surface area contributed by atoms with Gasteiger partial charge in [-0.2, -0.15) is 0 Å². The van der Waals surface area contributed by atoms with Crippen LogP contribution in [0.3, 0.4) is 0 Å². The van der Waals surface area contributed by atoms with Gasteiger partial charge < -0.3 is 24.7 Å². The largest absolute Gasteiger partial charge is 0.497 e. The third-order valence-corrected chi connectivity index (χ3v) is 4.82. The van der Waals surface area contributed by atoms with Gasteiger partial charge in [-0.1, -0.05) is 36.4 Å². The van der Waals surface area contributed by atoms with Crippen molar-refractivity contribution in [3.05, 3.63) is 89.0 Å². The number of ether oxygens (including phenoxy) is 4. The van der Waals surface area contributed by atoms with Crippen molar-refractivity contribution in [1.82, 2.24) is 5.32 Å². The van der Waals surface area contributed by atoms with Gasteiger partial charge in [-0.25, -0.2) is 4.79 Å². The average Bonchev–Trinajstić information content (AvgIpc) is 2.86. The fourth-order valence-corrected chi connectivity index (χ4v) is 2.93. The molecule has 0 aliphatic rings. The molecule has 0 aromatic heterocycles. The summed E-state index contributed by atoms with van der Waals surface area (Å²) in [4.78, 5) is 24.4. The van der Waals surface area contributed by atoms with E-state index in [4.69, 9.17) is 24.7 Å². The summed E-state index contributed by atoms with van der Waals surface area (Å²) in [5.41, 5.74) is 8.61. The molecule has 33 heavy (non-hydrogen) atoms. The van der Waals surface area contributed by atoms with Crippen molar-refractivity contribution in [2.45, 2.75) is 19.8 Å². The Morgan fingerprint density at radius 2 is 1.42 bits per heavy atom. The lowest BCUT2D eigenvalue weighted by molar-refractivity contribution is 0.0912. The first kappa shape index (κ1) is 23.6. The molecule has 0 saturated carbocycles. The number of amides is 2. The highest BCUT2D eigenvalue weighted by atomic mass is 16.5. The highest BCUT2D eigenvalue weighted by molar-refractivity contribution is 6.03. The second kappa shape index (κ2) is 11.5. The quantitative estimate of drug-likeness (QED) is 0.510. The van der Waals surface area contributed by atoms with Crippen LogP contribution in [0.2, 0.25) is 0 Å². The van der Waals surface area contributed by atoms with Crippen molar-refractivity contribution in [3.8, 4) is 17.2 Å². The molecule has 0 unspecified atom stereocenters. The molecule has 3 aromatic carbocycles. The zero-order chi connectivity index (χ0) is 23.6. The number of hydrogen-bond donors (Lipinski definition) is 2. The minimum absolute atomic E-state index is 0.0193. The van der Waals surface area contributed by atoms with E-state index in [2.05, 4.69) is 5.32 Å². The van der Waals surface area contributed by atoms with Crippen molar-refractivity contribution in [3.63, 3.8) is 0 Å². The van der Waals surface area contributed by atoms with E-state index < -0.39 is 12.0 Å². The Labute approximate surface area is 192 Å². The number of imide groups is 1. The van der Waals surface area contributed by atoms with Crippen molar-refractivity contribution >= 4 is 12.0 Å². The maximum Gasteiger partial charge on any atom is 0.414 e. The third-order valence-electron chi connectivity index (χ3n) is 4.82. The maximum atomic E-state index is 12.4. The van der Waals surface area contributed by atoms with Gasteiger partial charge >= 0.3 is 6.09 Å². The van der Waals surface area contributed by atoms with E-state index >= 15 is 0 Å². The minimum Gasteiger partial charge on any atom is -0.497 e. The molecule has 0 fully saturated rings. The molecule has 8 nitrogen and oxygen atoms in total. The Kier molecular flexibility index (Phi) is 8.26. The average molecular weight is 450 g/mol. The second-order valence-electron chi connectivity index (χ2n) is 7.05. The summed E-state index contributed by atoms with van der Waals surface area (Å²) in [5, 5.41) is 2.20. The smallest absolute Gasteiger partial charge is 0.414 e. The number of alkyl carbamates (subject to hydrolysis) is 1. The first-order chi connectivity index (χ1) is 16.0. The van der Waals surface area contributed by atoms with Crippen LogP contribution in [0.1, 0.15) is 27.0 Å². The number of nitrogens with one attached hydrogen (secondary N) is 1. The first-order valence-electron chi connectivity index (χ1n) is 10.2. The molecule has 0 aliphatic carbocycles. The number of nitrogens with two attached hydrogens (primary N) is 1. The predicted molar refractivity (Wildman–Crippen MR) is 122 cm³/mol. The van der Waals surface area contributed by atoms with E-state index in [1.54, 1.807) is 43.5 Å². The van der Waals surface area contributed by atoms with Gasteiger partial charge in [0.15, 0.2) is 11.5 Å². The van der Waals surface area contributed by atoms with E-state index in [-0.39, 0.29) is 12.2 Å². The highest BCUT2D eigenvalue weighted by Crippen LogP contribution is 2.29. The van der Waals surface area contributed by atoms with E-state index in [1.165, 1.54) is 13.2 Å². The summed E-state index contributed by atoms with van der Waals surface area (Å²) in [6.45, 7) is 0.823. The van der Waals surface area contributed by atoms with Gasteiger partial charge in [0.2, 0.25) is 0 Å². The molecule has 172 valence electrons. The lowest BCUT2D eigenvalue weighted by Crippen LogP contribution is -2.30. The fourth-order valence-electron chi connectivity index (χ4n) is 2.93. The van der Waals surface area contributed by atoms with Gasteiger partial charge in [0.25, 0.3) is 5.91 Å². The molecule has 3 N–H and O–H groups in total. The molecule has 0 spiro atoms. The zero-order valence-corrected chi connectivity index (χ0v) is 18.5. The molecule has 8 heteroatoms. The third kappa shape index (κ3) is 6.72. The van der Waals surface area contributed by atoms with Crippen LogP contribution in [0, 0.1) is 0 Å². The monoisotopic (exact) mass is 450 g/mol.